The zero-order chi connectivity index (χ0) is 18.9. The van der Waals surface area contributed by atoms with Crippen LogP contribution in [0, 0.1) is 0 Å². The molecule has 26 heavy (non-hydrogen) atoms. The van der Waals surface area contributed by atoms with Crippen molar-refractivity contribution in [1.82, 2.24) is 10.6 Å². The summed E-state index contributed by atoms with van der Waals surface area (Å²) in [6, 6.07) is 7.86. The van der Waals surface area contributed by atoms with Crippen molar-refractivity contribution >= 4 is 18.0 Å². The summed E-state index contributed by atoms with van der Waals surface area (Å²) in [5.41, 5.74) is 1.14. The summed E-state index contributed by atoms with van der Waals surface area (Å²) in [5, 5.41) is 5.26. The Hall–Kier alpha value is -3.09. The Morgan fingerprint density at radius 3 is 2.54 bits per heavy atom. The number of hydrogen-bond donors (Lipinski definition) is 2. The van der Waals surface area contributed by atoms with Crippen molar-refractivity contribution < 1.29 is 23.9 Å². The fourth-order valence-corrected chi connectivity index (χ4v) is 2.48. The maximum atomic E-state index is 12.5. The normalized spacial score (nSPS) is 16.8. The van der Waals surface area contributed by atoms with Crippen LogP contribution in [0.5, 0.6) is 0 Å². The lowest BCUT2D eigenvalue weighted by Gasteiger charge is -2.29. The molecule has 1 aliphatic heterocycles. The van der Waals surface area contributed by atoms with Gasteiger partial charge in [0.05, 0.1) is 23.9 Å². The molecule has 0 aromatic heterocycles. The molecule has 138 valence electrons. The lowest BCUT2D eigenvalue weighted by atomic mass is 9.95. The van der Waals surface area contributed by atoms with E-state index in [4.69, 9.17) is 9.47 Å². The van der Waals surface area contributed by atoms with Gasteiger partial charge in [0.15, 0.2) is 0 Å². The van der Waals surface area contributed by atoms with Crippen molar-refractivity contribution in [2.75, 3.05) is 13.2 Å². The van der Waals surface area contributed by atoms with Crippen LogP contribution in [-0.4, -0.2) is 31.2 Å². The molecular formula is C19H22N2O5. The molecule has 7 nitrogen and oxygen atoms in total. The smallest absolute Gasteiger partial charge is 0.338 e. The van der Waals surface area contributed by atoms with Gasteiger partial charge in [-0.3, -0.25) is 0 Å². The van der Waals surface area contributed by atoms with Gasteiger partial charge in [-0.15, -0.1) is 0 Å². The van der Waals surface area contributed by atoms with Gasteiger partial charge in [0.2, 0.25) is 0 Å². The highest BCUT2D eigenvalue weighted by Gasteiger charge is 2.34. The molecule has 1 aromatic carbocycles. The number of allylic oxidation sites excluding steroid dienone is 1. The van der Waals surface area contributed by atoms with Crippen molar-refractivity contribution in [3.8, 4) is 0 Å². The highest BCUT2D eigenvalue weighted by atomic mass is 16.5. The SMILES string of the molecule is CC/C=C\C(=O)OCC1=C(C(=O)OCC)[C@H](c2ccccc2)NC(=O)N1. The predicted octanol–water partition coefficient (Wildman–Crippen LogP) is 2.37. The van der Waals surface area contributed by atoms with Gasteiger partial charge < -0.3 is 20.1 Å². The fourth-order valence-electron chi connectivity index (χ4n) is 2.48. The average molecular weight is 358 g/mol. The van der Waals surface area contributed by atoms with Crippen LogP contribution in [-0.2, 0) is 19.1 Å². The monoisotopic (exact) mass is 358 g/mol. The summed E-state index contributed by atoms with van der Waals surface area (Å²) in [6.07, 6.45) is 3.67. The van der Waals surface area contributed by atoms with Crippen molar-refractivity contribution in [1.29, 1.82) is 0 Å². The Bertz CT molecular complexity index is 725. The van der Waals surface area contributed by atoms with Gasteiger partial charge in [-0.25, -0.2) is 14.4 Å². The Morgan fingerprint density at radius 1 is 1.15 bits per heavy atom. The summed E-state index contributed by atoms with van der Waals surface area (Å²) < 4.78 is 10.3. The molecule has 2 amide bonds. The maximum Gasteiger partial charge on any atom is 0.338 e. The Kier molecular flexibility index (Phi) is 6.96. The second kappa shape index (κ2) is 9.41. The van der Waals surface area contributed by atoms with E-state index in [1.54, 1.807) is 25.1 Å². The van der Waals surface area contributed by atoms with Crippen LogP contribution in [0.25, 0.3) is 0 Å². The number of carbonyl (C=O) groups is 3. The second-order valence-electron chi connectivity index (χ2n) is 5.47. The number of amides is 2. The molecule has 0 unspecified atom stereocenters. The summed E-state index contributed by atoms with van der Waals surface area (Å²) in [5.74, 6) is -1.13. The van der Waals surface area contributed by atoms with Gasteiger partial charge in [0.1, 0.15) is 6.61 Å². The molecule has 1 atom stereocenters. The van der Waals surface area contributed by atoms with Crippen LogP contribution in [0.15, 0.2) is 53.8 Å². The predicted molar refractivity (Wildman–Crippen MR) is 94.9 cm³/mol. The molecule has 0 saturated carbocycles. The van der Waals surface area contributed by atoms with Crippen LogP contribution >= 0.6 is 0 Å². The number of benzene rings is 1. The van der Waals surface area contributed by atoms with Crippen LogP contribution in [0.2, 0.25) is 0 Å². The van der Waals surface area contributed by atoms with Crippen LogP contribution in [0.3, 0.4) is 0 Å². The number of hydrogen-bond acceptors (Lipinski definition) is 5. The average Bonchev–Trinajstić information content (AvgIpc) is 2.65. The largest absolute Gasteiger partial charge is 0.463 e. The van der Waals surface area contributed by atoms with Crippen LogP contribution in [0.1, 0.15) is 31.9 Å². The number of urea groups is 1. The minimum Gasteiger partial charge on any atom is -0.463 e. The van der Waals surface area contributed by atoms with Crippen molar-refractivity contribution in [3.63, 3.8) is 0 Å². The number of rotatable bonds is 7. The lowest BCUT2D eigenvalue weighted by molar-refractivity contribution is -0.140. The standard InChI is InChI=1S/C19H22N2O5/c1-3-5-11-15(22)26-12-14-16(18(23)25-4-2)17(21-19(24)20-14)13-9-7-6-8-10-13/h5-11,17H,3-4,12H2,1-2H3,(H2,20,21,24)/b11-5-/t17-/m0/s1. The molecule has 0 fully saturated rings. The van der Waals surface area contributed by atoms with Gasteiger partial charge in [-0.1, -0.05) is 43.3 Å². The molecule has 0 saturated heterocycles. The highest BCUT2D eigenvalue weighted by Crippen LogP contribution is 2.27. The van der Waals surface area contributed by atoms with E-state index in [-0.39, 0.29) is 24.5 Å². The Labute approximate surface area is 152 Å². The summed E-state index contributed by atoms with van der Waals surface area (Å²) in [6.45, 7) is 3.53. The first-order chi connectivity index (χ1) is 12.6. The molecule has 1 aliphatic rings. The molecule has 2 N–H and O–H groups in total. The zero-order valence-corrected chi connectivity index (χ0v) is 14.8. The lowest BCUT2D eigenvalue weighted by Crippen LogP contribution is -2.47. The van der Waals surface area contributed by atoms with Gasteiger partial charge in [-0.05, 0) is 18.9 Å². The van der Waals surface area contributed by atoms with E-state index in [9.17, 15) is 14.4 Å². The van der Waals surface area contributed by atoms with E-state index in [1.165, 1.54) is 6.08 Å². The third-order valence-electron chi connectivity index (χ3n) is 3.63. The molecule has 0 bridgehead atoms. The molecular weight excluding hydrogens is 336 g/mol. The first-order valence-corrected chi connectivity index (χ1v) is 8.42. The van der Waals surface area contributed by atoms with Gasteiger partial charge in [-0.2, -0.15) is 0 Å². The Morgan fingerprint density at radius 2 is 1.88 bits per heavy atom. The number of ether oxygens (including phenoxy) is 2. The molecule has 1 heterocycles. The van der Waals surface area contributed by atoms with Gasteiger partial charge in [0.25, 0.3) is 0 Å². The molecule has 0 aliphatic carbocycles. The fraction of sp³-hybridized carbons (Fsp3) is 0.316. The van der Waals surface area contributed by atoms with E-state index < -0.39 is 24.0 Å². The molecule has 0 spiro atoms. The van der Waals surface area contributed by atoms with Gasteiger partial charge >= 0.3 is 18.0 Å². The summed E-state index contributed by atoms with van der Waals surface area (Å²) in [4.78, 5) is 36.2. The second-order valence-corrected chi connectivity index (χ2v) is 5.47. The van der Waals surface area contributed by atoms with E-state index in [0.29, 0.717) is 6.42 Å². The van der Waals surface area contributed by atoms with Crippen molar-refractivity contribution in [2.45, 2.75) is 26.3 Å². The van der Waals surface area contributed by atoms with Crippen molar-refractivity contribution in [3.05, 3.63) is 59.3 Å². The minimum atomic E-state index is -0.691. The topological polar surface area (TPSA) is 93.7 Å². The van der Waals surface area contributed by atoms with Crippen LogP contribution in [0.4, 0.5) is 4.79 Å². The highest BCUT2D eigenvalue weighted by molar-refractivity contribution is 5.95. The first kappa shape index (κ1) is 19.2. The first-order valence-electron chi connectivity index (χ1n) is 8.42. The van der Waals surface area contributed by atoms with Gasteiger partial charge in [0, 0.05) is 6.08 Å². The quantitative estimate of drug-likeness (QED) is 0.576. The number of nitrogens with one attached hydrogen (secondary N) is 2. The summed E-state index contributed by atoms with van der Waals surface area (Å²) in [7, 11) is 0. The van der Waals surface area contributed by atoms with E-state index in [0.717, 1.165) is 5.56 Å². The van der Waals surface area contributed by atoms with Crippen LogP contribution < -0.4 is 10.6 Å². The minimum absolute atomic E-state index is 0.185. The Balaban J connectivity index is 2.35. The molecule has 0 radical (unpaired) electrons. The van der Waals surface area contributed by atoms with Crippen molar-refractivity contribution in [2.24, 2.45) is 0 Å². The third kappa shape index (κ3) is 4.95. The summed E-state index contributed by atoms with van der Waals surface area (Å²) >= 11 is 0. The molecule has 2 rings (SSSR count). The van der Waals surface area contributed by atoms with E-state index in [1.807, 2.05) is 25.1 Å². The van der Waals surface area contributed by atoms with E-state index in [2.05, 4.69) is 10.6 Å². The molecule has 1 aromatic rings. The zero-order valence-electron chi connectivity index (χ0n) is 14.8. The number of esters is 2. The number of carbonyl (C=O) groups excluding carboxylic acids is 3. The third-order valence-corrected chi connectivity index (χ3v) is 3.63. The maximum absolute atomic E-state index is 12.5. The molecule has 7 heteroatoms. The van der Waals surface area contributed by atoms with E-state index >= 15 is 0 Å².